The van der Waals surface area contributed by atoms with Crippen LogP contribution in [0.2, 0.25) is 18.1 Å². The maximum Gasteiger partial charge on any atom is 0.414 e. The molecule has 1 unspecified atom stereocenters. The first-order chi connectivity index (χ1) is 13.1. The van der Waals surface area contributed by atoms with Crippen molar-refractivity contribution in [2.24, 2.45) is 11.3 Å². The van der Waals surface area contributed by atoms with Crippen LogP contribution in [0.15, 0.2) is 11.8 Å². The third-order valence-electron chi connectivity index (χ3n) is 6.42. The molecule has 2 aliphatic rings. The van der Waals surface area contributed by atoms with Crippen LogP contribution < -0.4 is 0 Å². The second-order valence-corrected chi connectivity index (χ2v) is 15.6. The summed E-state index contributed by atoms with van der Waals surface area (Å²) in [6.07, 6.45) is 2.90. The smallest absolute Gasteiger partial charge is 0.414 e. The second-order valence-electron chi connectivity index (χ2n) is 10.8. The number of nitriles is 1. The lowest BCUT2D eigenvalue weighted by molar-refractivity contribution is -0.126. The third-order valence-corrected chi connectivity index (χ3v) is 10.9. The van der Waals surface area contributed by atoms with Crippen LogP contribution in [0.1, 0.15) is 60.8 Å². The highest BCUT2D eigenvalue weighted by Gasteiger charge is 2.54. The van der Waals surface area contributed by atoms with Crippen LogP contribution in [0.4, 0.5) is 4.79 Å². The van der Waals surface area contributed by atoms with Gasteiger partial charge in [-0.25, -0.2) is 4.79 Å². The number of ether oxygens (including phenoxy) is 1. The molecule has 1 fully saturated rings. The molecule has 1 aliphatic heterocycles. The first-order valence-corrected chi connectivity index (χ1v) is 13.3. The van der Waals surface area contributed by atoms with E-state index in [1.807, 2.05) is 26.8 Å². The predicted octanol–water partition coefficient (Wildman–Crippen LogP) is 5.02. The summed E-state index contributed by atoms with van der Waals surface area (Å²) in [5.74, 6) is -0.904. The fraction of sp³-hybridized carbons (Fsp3) is 0.773. The van der Waals surface area contributed by atoms with Crippen molar-refractivity contribution in [1.29, 1.82) is 5.26 Å². The van der Waals surface area contributed by atoms with Crippen molar-refractivity contribution in [2.45, 2.75) is 84.5 Å². The van der Waals surface area contributed by atoms with Crippen LogP contribution >= 0.6 is 0 Å². The Hall–Kier alpha value is -1.65. The molecule has 0 aromatic carbocycles. The van der Waals surface area contributed by atoms with Gasteiger partial charge in [-0.3, -0.25) is 9.69 Å². The Morgan fingerprint density at radius 3 is 2.45 bits per heavy atom. The van der Waals surface area contributed by atoms with Crippen molar-refractivity contribution in [1.82, 2.24) is 4.90 Å². The highest BCUT2D eigenvalue weighted by atomic mass is 28.4. The second kappa shape index (κ2) is 7.88. The molecule has 0 aromatic heterocycles. The summed E-state index contributed by atoms with van der Waals surface area (Å²) < 4.78 is 12.1. The first kappa shape index (κ1) is 23.6. The molecule has 1 aliphatic carbocycles. The Balaban J connectivity index is 2.44. The Labute approximate surface area is 176 Å². The fourth-order valence-corrected chi connectivity index (χ4v) is 4.81. The van der Waals surface area contributed by atoms with Gasteiger partial charge in [0, 0.05) is 25.3 Å². The summed E-state index contributed by atoms with van der Waals surface area (Å²) in [5, 5.41) is 9.90. The molecule has 2 atom stereocenters. The zero-order valence-electron chi connectivity index (χ0n) is 19.2. The molecule has 2 rings (SSSR count). The van der Waals surface area contributed by atoms with E-state index in [0.29, 0.717) is 19.4 Å². The lowest BCUT2D eigenvalue weighted by Crippen LogP contribution is -2.55. The topological polar surface area (TPSA) is 79.6 Å². The van der Waals surface area contributed by atoms with Crippen molar-refractivity contribution < 1.29 is 18.8 Å². The van der Waals surface area contributed by atoms with E-state index >= 15 is 0 Å². The van der Waals surface area contributed by atoms with E-state index in [-0.39, 0.29) is 23.8 Å². The molecular formula is C22H36N2O4Si. The molecule has 0 aromatic rings. The number of hydrogen-bond acceptors (Lipinski definition) is 5. The average molecular weight is 421 g/mol. The molecule has 162 valence electrons. The lowest BCUT2D eigenvalue weighted by atomic mass is 9.63. The van der Waals surface area contributed by atoms with Gasteiger partial charge in [0.15, 0.2) is 14.1 Å². The molecule has 0 N–H and O–H groups in total. The number of likely N-dealkylation sites (tertiary alicyclic amines) is 1. The number of rotatable bonds is 3. The number of ketones is 1. The zero-order valence-corrected chi connectivity index (χ0v) is 20.2. The van der Waals surface area contributed by atoms with Gasteiger partial charge in [-0.1, -0.05) is 26.8 Å². The molecule has 1 saturated heterocycles. The Kier molecular flexibility index (Phi) is 6.42. The molecule has 29 heavy (non-hydrogen) atoms. The molecule has 7 heteroatoms. The van der Waals surface area contributed by atoms with Crippen LogP contribution in [0.5, 0.6) is 0 Å². The van der Waals surface area contributed by atoms with E-state index in [1.165, 1.54) is 0 Å². The average Bonchev–Trinajstić information content (AvgIpc) is 2.56. The van der Waals surface area contributed by atoms with Crippen molar-refractivity contribution in [2.75, 3.05) is 13.2 Å². The third kappa shape index (κ3) is 4.75. The molecule has 0 bridgehead atoms. The summed E-state index contributed by atoms with van der Waals surface area (Å²) in [6.45, 7) is 17.1. The van der Waals surface area contributed by atoms with E-state index in [4.69, 9.17) is 9.16 Å². The van der Waals surface area contributed by atoms with Gasteiger partial charge >= 0.3 is 6.09 Å². The summed E-state index contributed by atoms with van der Waals surface area (Å²) in [7, 11) is -2.10. The summed E-state index contributed by atoms with van der Waals surface area (Å²) >= 11 is 0. The number of allylic oxidation sites excluding steroid dienone is 1. The van der Waals surface area contributed by atoms with Crippen LogP contribution in [-0.4, -0.2) is 43.8 Å². The zero-order chi connectivity index (χ0) is 22.3. The summed E-state index contributed by atoms with van der Waals surface area (Å²) in [5.41, 5.74) is -0.689. The number of hydrogen-bond donors (Lipinski definition) is 0. The lowest BCUT2D eigenvalue weighted by Gasteiger charge is -2.50. The molecular weight excluding hydrogens is 384 g/mol. The van der Waals surface area contributed by atoms with E-state index in [9.17, 15) is 14.9 Å². The maximum absolute atomic E-state index is 12.9. The van der Waals surface area contributed by atoms with E-state index in [0.717, 1.165) is 5.70 Å². The predicted molar refractivity (Wildman–Crippen MR) is 115 cm³/mol. The molecule has 0 radical (unpaired) electrons. The van der Waals surface area contributed by atoms with Crippen LogP contribution in [0.3, 0.4) is 0 Å². The number of amides is 1. The van der Waals surface area contributed by atoms with E-state index in [1.54, 1.807) is 4.90 Å². The quantitative estimate of drug-likeness (QED) is 0.599. The van der Waals surface area contributed by atoms with Crippen molar-refractivity contribution >= 4 is 20.2 Å². The minimum Gasteiger partial charge on any atom is -0.443 e. The number of fused-ring (bicyclic) bond motifs is 1. The van der Waals surface area contributed by atoms with Gasteiger partial charge in [0.1, 0.15) is 11.5 Å². The van der Waals surface area contributed by atoms with Crippen molar-refractivity contribution in [3.8, 4) is 6.07 Å². The SMILES string of the molecule is CC(C)(C)OC(=O)N1CCC[C@]2(CO[Si](C)(C)C(C)(C)C)C1=CCC(=O)C2C#N. The number of nitrogens with zero attached hydrogens (tertiary/aromatic N) is 2. The van der Waals surface area contributed by atoms with Crippen LogP contribution in [0, 0.1) is 22.7 Å². The maximum atomic E-state index is 12.9. The molecule has 6 nitrogen and oxygen atoms in total. The monoisotopic (exact) mass is 420 g/mol. The molecule has 1 heterocycles. The van der Waals surface area contributed by atoms with Gasteiger partial charge < -0.3 is 9.16 Å². The highest BCUT2D eigenvalue weighted by Crippen LogP contribution is 2.50. The highest BCUT2D eigenvalue weighted by molar-refractivity contribution is 6.74. The van der Waals surface area contributed by atoms with E-state index in [2.05, 4.69) is 39.9 Å². The standard InChI is InChI=1S/C22H36N2O4Si/c1-20(2,3)28-19(26)24-13-9-12-22(15-27-29(7,8)21(4,5)6)16(14-23)17(25)10-11-18(22)24/h11,16H,9-10,12-13,15H2,1-8H3/t16?,22-/m1/s1. The van der Waals surface area contributed by atoms with Crippen LogP contribution in [-0.2, 0) is 14.0 Å². The molecule has 0 saturated carbocycles. The summed E-state index contributed by atoms with van der Waals surface area (Å²) in [4.78, 5) is 27.2. The minimum atomic E-state index is -2.10. The van der Waals surface area contributed by atoms with Gasteiger partial charge in [0.2, 0.25) is 0 Å². The molecule has 1 amide bonds. The Bertz CT molecular complexity index is 739. The van der Waals surface area contributed by atoms with Gasteiger partial charge in [0.05, 0.1) is 11.5 Å². The minimum absolute atomic E-state index is 0.00779. The number of Topliss-reactive ketones (excluding diaryl/α,β-unsaturated/α-hetero) is 1. The largest absolute Gasteiger partial charge is 0.443 e. The summed E-state index contributed by atoms with van der Waals surface area (Å²) in [6, 6.07) is 2.24. The number of carbonyl (C=O) groups excluding carboxylic acids is 2. The number of carbonyl (C=O) groups is 2. The first-order valence-electron chi connectivity index (χ1n) is 10.4. The Morgan fingerprint density at radius 1 is 1.31 bits per heavy atom. The Morgan fingerprint density at radius 2 is 1.93 bits per heavy atom. The fourth-order valence-electron chi connectivity index (χ4n) is 3.76. The van der Waals surface area contributed by atoms with Crippen LogP contribution in [0.25, 0.3) is 0 Å². The van der Waals surface area contributed by atoms with Gasteiger partial charge in [0.25, 0.3) is 0 Å². The van der Waals surface area contributed by atoms with E-state index < -0.39 is 31.3 Å². The van der Waals surface area contributed by atoms with Gasteiger partial charge in [-0.15, -0.1) is 0 Å². The normalized spacial score (nSPS) is 25.8. The van der Waals surface area contributed by atoms with Crippen molar-refractivity contribution in [3.63, 3.8) is 0 Å². The number of piperidine rings is 1. The van der Waals surface area contributed by atoms with Gasteiger partial charge in [-0.05, 0) is 51.7 Å². The molecule has 0 spiro atoms. The van der Waals surface area contributed by atoms with Gasteiger partial charge in [-0.2, -0.15) is 5.26 Å². The van der Waals surface area contributed by atoms with Crippen molar-refractivity contribution in [3.05, 3.63) is 11.8 Å².